The van der Waals surface area contributed by atoms with Crippen molar-refractivity contribution in [3.63, 3.8) is 0 Å². The number of hydrogen-bond acceptors (Lipinski definition) is 5. The van der Waals surface area contributed by atoms with Gasteiger partial charge in [0.2, 0.25) is 0 Å². The third kappa shape index (κ3) is 5.10. The zero-order valence-corrected chi connectivity index (χ0v) is 13.9. The first kappa shape index (κ1) is 15.9. The minimum absolute atomic E-state index is 0.677. The fraction of sp³-hybridized carbons (Fsp3) is 0.500. The van der Waals surface area contributed by atoms with Gasteiger partial charge in [-0.1, -0.05) is 13.8 Å². The molecule has 0 saturated carbocycles. The van der Waals surface area contributed by atoms with Crippen molar-refractivity contribution in [3.05, 3.63) is 41.2 Å². The molecule has 2 rings (SSSR count). The Bertz CT molecular complexity index is 524. The Balaban J connectivity index is 1.94. The van der Waals surface area contributed by atoms with Crippen LogP contribution in [-0.2, 0) is 13.1 Å². The number of pyridine rings is 1. The molecule has 5 heteroatoms. The molecule has 0 aromatic carbocycles. The average Bonchev–Trinajstić information content (AvgIpc) is 2.94. The van der Waals surface area contributed by atoms with Crippen LogP contribution in [0.4, 0.5) is 5.13 Å². The molecule has 0 atom stereocenters. The van der Waals surface area contributed by atoms with E-state index < -0.39 is 0 Å². The SMILES string of the molecule is CCN(Cc1ccncc1)c1ncc(CNCC(C)C)s1. The number of hydrogen-bond donors (Lipinski definition) is 1. The quantitative estimate of drug-likeness (QED) is 0.812. The van der Waals surface area contributed by atoms with Crippen molar-refractivity contribution in [2.75, 3.05) is 18.0 Å². The molecule has 4 nitrogen and oxygen atoms in total. The van der Waals surface area contributed by atoms with Crippen molar-refractivity contribution < 1.29 is 0 Å². The van der Waals surface area contributed by atoms with Crippen LogP contribution in [0.3, 0.4) is 0 Å². The Hall–Kier alpha value is -1.46. The van der Waals surface area contributed by atoms with Crippen LogP contribution in [0.2, 0.25) is 0 Å². The Kier molecular flexibility index (Phi) is 6.14. The van der Waals surface area contributed by atoms with Crippen LogP contribution in [0.25, 0.3) is 0 Å². The monoisotopic (exact) mass is 304 g/mol. The van der Waals surface area contributed by atoms with E-state index in [4.69, 9.17) is 0 Å². The fourth-order valence-electron chi connectivity index (χ4n) is 2.03. The molecule has 0 radical (unpaired) electrons. The molecule has 2 aromatic rings. The van der Waals surface area contributed by atoms with Crippen LogP contribution < -0.4 is 10.2 Å². The van der Waals surface area contributed by atoms with Gasteiger partial charge in [-0.15, -0.1) is 11.3 Å². The van der Waals surface area contributed by atoms with E-state index in [0.29, 0.717) is 5.92 Å². The van der Waals surface area contributed by atoms with Crippen LogP contribution in [0.5, 0.6) is 0 Å². The summed E-state index contributed by atoms with van der Waals surface area (Å²) in [5.41, 5.74) is 1.27. The second-order valence-electron chi connectivity index (χ2n) is 5.50. The van der Waals surface area contributed by atoms with Crippen molar-refractivity contribution in [2.45, 2.75) is 33.9 Å². The summed E-state index contributed by atoms with van der Waals surface area (Å²) in [6.45, 7) is 10.4. The van der Waals surface area contributed by atoms with E-state index in [1.807, 2.05) is 18.6 Å². The summed E-state index contributed by atoms with van der Waals surface area (Å²) < 4.78 is 0. The molecule has 0 fully saturated rings. The van der Waals surface area contributed by atoms with Crippen molar-refractivity contribution in [1.29, 1.82) is 0 Å². The second kappa shape index (κ2) is 8.10. The fourth-order valence-corrected chi connectivity index (χ4v) is 2.97. The highest BCUT2D eigenvalue weighted by atomic mass is 32.1. The molecule has 0 aliphatic rings. The highest BCUT2D eigenvalue weighted by Gasteiger charge is 2.10. The highest BCUT2D eigenvalue weighted by Crippen LogP contribution is 2.23. The van der Waals surface area contributed by atoms with Gasteiger partial charge in [0.15, 0.2) is 5.13 Å². The number of nitrogens with one attached hydrogen (secondary N) is 1. The van der Waals surface area contributed by atoms with Gasteiger partial charge in [0.25, 0.3) is 0 Å². The van der Waals surface area contributed by atoms with Gasteiger partial charge in [0.05, 0.1) is 0 Å². The molecular weight excluding hydrogens is 280 g/mol. The van der Waals surface area contributed by atoms with Gasteiger partial charge in [0.1, 0.15) is 0 Å². The van der Waals surface area contributed by atoms with Gasteiger partial charge < -0.3 is 10.2 Å². The lowest BCUT2D eigenvalue weighted by Gasteiger charge is -2.19. The first-order chi connectivity index (χ1) is 10.2. The Morgan fingerprint density at radius 1 is 1.29 bits per heavy atom. The molecular formula is C16H24N4S. The number of anilines is 1. The molecule has 2 aromatic heterocycles. The maximum absolute atomic E-state index is 4.57. The maximum atomic E-state index is 4.57. The van der Waals surface area contributed by atoms with E-state index >= 15 is 0 Å². The molecule has 0 aliphatic heterocycles. The van der Waals surface area contributed by atoms with Crippen molar-refractivity contribution in [2.24, 2.45) is 5.92 Å². The van der Waals surface area contributed by atoms with Gasteiger partial charge >= 0.3 is 0 Å². The van der Waals surface area contributed by atoms with Crippen LogP contribution >= 0.6 is 11.3 Å². The predicted molar refractivity (Wildman–Crippen MR) is 89.6 cm³/mol. The lowest BCUT2D eigenvalue weighted by Crippen LogP contribution is -2.21. The molecule has 0 aliphatic carbocycles. The van der Waals surface area contributed by atoms with Gasteiger partial charge in [-0.25, -0.2) is 4.98 Å². The standard InChI is InChI=1S/C16H24N4S/c1-4-20(12-14-5-7-17-8-6-14)16-19-11-15(21-16)10-18-9-13(2)3/h5-8,11,13,18H,4,9-10,12H2,1-3H3. The Morgan fingerprint density at radius 2 is 2.05 bits per heavy atom. The van der Waals surface area contributed by atoms with E-state index in [-0.39, 0.29) is 0 Å². The van der Waals surface area contributed by atoms with E-state index in [2.05, 4.69) is 53.1 Å². The summed E-state index contributed by atoms with van der Waals surface area (Å²) in [6.07, 6.45) is 5.67. The molecule has 0 unspecified atom stereocenters. The molecule has 1 N–H and O–H groups in total. The van der Waals surface area contributed by atoms with Crippen molar-refractivity contribution in [1.82, 2.24) is 15.3 Å². The zero-order valence-electron chi connectivity index (χ0n) is 13.0. The van der Waals surface area contributed by atoms with E-state index in [1.165, 1.54) is 10.4 Å². The molecule has 0 bridgehead atoms. The smallest absolute Gasteiger partial charge is 0.185 e. The van der Waals surface area contributed by atoms with Gasteiger partial charge in [0, 0.05) is 43.1 Å². The van der Waals surface area contributed by atoms with Gasteiger partial charge in [-0.3, -0.25) is 4.98 Å². The van der Waals surface area contributed by atoms with Crippen LogP contribution in [0.1, 0.15) is 31.2 Å². The summed E-state index contributed by atoms with van der Waals surface area (Å²) in [6, 6.07) is 4.11. The molecule has 0 saturated heterocycles. The summed E-state index contributed by atoms with van der Waals surface area (Å²) in [4.78, 5) is 12.2. The number of nitrogens with zero attached hydrogens (tertiary/aromatic N) is 3. The molecule has 0 amide bonds. The second-order valence-corrected chi connectivity index (χ2v) is 6.60. The van der Waals surface area contributed by atoms with Crippen molar-refractivity contribution in [3.8, 4) is 0 Å². The van der Waals surface area contributed by atoms with E-state index in [1.54, 1.807) is 11.3 Å². The normalized spacial score (nSPS) is 11.0. The van der Waals surface area contributed by atoms with Gasteiger partial charge in [-0.2, -0.15) is 0 Å². The summed E-state index contributed by atoms with van der Waals surface area (Å²) in [5, 5.41) is 4.56. The lowest BCUT2D eigenvalue weighted by atomic mass is 10.2. The molecule has 2 heterocycles. The van der Waals surface area contributed by atoms with Crippen LogP contribution in [0.15, 0.2) is 30.7 Å². The third-order valence-electron chi connectivity index (χ3n) is 3.17. The largest absolute Gasteiger partial charge is 0.344 e. The Labute approximate surface area is 131 Å². The summed E-state index contributed by atoms with van der Waals surface area (Å²) in [5.74, 6) is 0.677. The lowest BCUT2D eigenvalue weighted by molar-refractivity contribution is 0.554. The molecule has 0 spiro atoms. The predicted octanol–water partition coefficient (Wildman–Crippen LogP) is 3.31. The van der Waals surface area contributed by atoms with E-state index in [9.17, 15) is 0 Å². The topological polar surface area (TPSA) is 41.1 Å². The number of rotatable bonds is 8. The van der Waals surface area contributed by atoms with E-state index in [0.717, 1.165) is 31.3 Å². The van der Waals surface area contributed by atoms with Crippen LogP contribution in [0, 0.1) is 5.92 Å². The third-order valence-corrected chi connectivity index (χ3v) is 4.23. The average molecular weight is 304 g/mol. The maximum Gasteiger partial charge on any atom is 0.185 e. The minimum Gasteiger partial charge on any atom is -0.344 e. The first-order valence-electron chi connectivity index (χ1n) is 7.48. The van der Waals surface area contributed by atoms with Crippen molar-refractivity contribution >= 4 is 16.5 Å². The molecule has 114 valence electrons. The summed E-state index contributed by atoms with van der Waals surface area (Å²) >= 11 is 1.77. The minimum atomic E-state index is 0.677. The number of thiazole rings is 1. The Morgan fingerprint density at radius 3 is 2.71 bits per heavy atom. The van der Waals surface area contributed by atoms with Gasteiger partial charge in [-0.05, 0) is 37.1 Å². The molecule has 21 heavy (non-hydrogen) atoms. The van der Waals surface area contributed by atoms with Crippen LogP contribution in [-0.4, -0.2) is 23.1 Å². The summed E-state index contributed by atoms with van der Waals surface area (Å²) in [7, 11) is 0. The number of aromatic nitrogens is 2. The first-order valence-corrected chi connectivity index (χ1v) is 8.30. The zero-order chi connectivity index (χ0) is 15.1. The highest BCUT2D eigenvalue weighted by molar-refractivity contribution is 7.15.